The van der Waals surface area contributed by atoms with Crippen LogP contribution in [0.15, 0.2) is 0 Å². The third-order valence-corrected chi connectivity index (χ3v) is 5.93. The Labute approximate surface area is 126 Å². The van der Waals surface area contributed by atoms with Gasteiger partial charge in [0.1, 0.15) is 0 Å². The minimum absolute atomic E-state index is 0.0108. The van der Waals surface area contributed by atoms with Gasteiger partial charge in [-0.1, -0.05) is 27.7 Å². The maximum Gasteiger partial charge on any atom is 0.308 e. The second kappa shape index (κ2) is 5.59. The molecule has 1 saturated carbocycles. The van der Waals surface area contributed by atoms with Crippen molar-refractivity contribution in [2.24, 2.45) is 28.6 Å². The molecule has 21 heavy (non-hydrogen) atoms. The molecule has 5 nitrogen and oxygen atoms in total. The van der Waals surface area contributed by atoms with Gasteiger partial charge in [-0.15, -0.1) is 0 Å². The summed E-state index contributed by atoms with van der Waals surface area (Å²) >= 11 is 0. The minimum atomic E-state index is -0.823. The molecule has 1 heterocycles. The number of aliphatic carboxylic acids is 1. The number of rotatable bonds is 5. The highest BCUT2D eigenvalue weighted by Crippen LogP contribution is 2.68. The van der Waals surface area contributed by atoms with E-state index in [1.54, 1.807) is 0 Å². The predicted octanol–water partition coefficient (Wildman–Crippen LogP) is 1.91. The number of carbonyl (C=O) groups excluding carboxylic acids is 1. The van der Waals surface area contributed by atoms with E-state index in [9.17, 15) is 14.7 Å². The summed E-state index contributed by atoms with van der Waals surface area (Å²) in [5.74, 6) is -1.28. The summed E-state index contributed by atoms with van der Waals surface area (Å²) in [7, 11) is 0. The molecule has 1 aliphatic carbocycles. The largest absolute Gasteiger partial charge is 0.481 e. The van der Waals surface area contributed by atoms with Crippen molar-refractivity contribution in [2.45, 2.75) is 40.5 Å². The molecule has 1 amide bonds. The van der Waals surface area contributed by atoms with Crippen molar-refractivity contribution < 1.29 is 19.4 Å². The van der Waals surface area contributed by atoms with Crippen LogP contribution in [-0.4, -0.2) is 36.7 Å². The molecule has 0 aromatic carbocycles. The number of nitrogens with one attached hydrogen (secondary N) is 1. The van der Waals surface area contributed by atoms with Gasteiger partial charge in [-0.2, -0.15) is 0 Å². The fourth-order valence-corrected chi connectivity index (χ4v) is 3.74. The van der Waals surface area contributed by atoms with Crippen LogP contribution < -0.4 is 5.32 Å². The number of carboxylic acid groups (broad SMARTS) is 1. The minimum Gasteiger partial charge on any atom is -0.481 e. The van der Waals surface area contributed by atoms with Crippen LogP contribution in [0.25, 0.3) is 0 Å². The molecule has 0 radical (unpaired) electrons. The third kappa shape index (κ3) is 2.93. The Hall–Kier alpha value is -1.10. The van der Waals surface area contributed by atoms with Gasteiger partial charge in [-0.25, -0.2) is 0 Å². The van der Waals surface area contributed by atoms with Crippen molar-refractivity contribution in [1.82, 2.24) is 5.32 Å². The van der Waals surface area contributed by atoms with Gasteiger partial charge in [-0.05, 0) is 29.6 Å². The van der Waals surface area contributed by atoms with E-state index in [0.29, 0.717) is 13.2 Å². The zero-order valence-corrected chi connectivity index (χ0v) is 13.4. The highest BCUT2D eigenvalue weighted by atomic mass is 16.5. The lowest BCUT2D eigenvalue weighted by atomic mass is 9.86. The van der Waals surface area contributed by atoms with E-state index in [1.165, 1.54) is 0 Å². The zero-order valence-electron chi connectivity index (χ0n) is 13.4. The standard InChI is InChI=1S/C16H27NO4/c1-15(2)12(16(15,3)4)13(18)17-9-11(14(19)20)10-5-7-21-8-6-10/h10-12H,5-9H2,1-4H3,(H,17,18)(H,19,20). The number of carboxylic acids is 1. The first-order chi connectivity index (χ1) is 9.69. The highest BCUT2D eigenvalue weighted by Gasteiger charge is 2.68. The SMILES string of the molecule is CC1(C)C(C(=O)NCC(C(=O)O)C2CCOCC2)C1(C)C. The normalized spacial score (nSPS) is 26.1. The lowest BCUT2D eigenvalue weighted by molar-refractivity contribution is -0.145. The number of amides is 1. The number of ether oxygens (including phenoxy) is 1. The average Bonchev–Trinajstić information content (AvgIpc) is 2.80. The zero-order chi connectivity index (χ0) is 15.8. The van der Waals surface area contributed by atoms with E-state index >= 15 is 0 Å². The van der Waals surface area contributed by atoms with Crippen LogP contribution in [0.2, 0.25) is 0 Å². The summed E-state index contributed by atoms with van der Waals surface area (Å²) in [5.41, 5.74) is -0.0387. The quantitative estimate of drug-likeness (QED) is 0.813. The van der Waals surface area contributed by atoms with Crippen molar-refractivity contribution in [2.75, 3.05) is 19.8 Å². The summed E-state index contributed by atoms with van der Waals surface area (Å²) in [5, 5.41) is 12.3. The first kappa shape index (κ1) is 16.3. The molecule has 0 bridgehead atoms. The van der Waals surface area contributed by atoms with Crippen LogP contribution in [0.3, 0.4) is 0 Å². The number of hydrogen-bond acceptors (Lipinski definition) is 3. The smallest absolute Gasteiger partial charge is 0.308 e. The van der Waals surface area contributed by atoms with E-state index in [4.69, 9.17) is 4.74 Å². The molecule has 2 rings (SSSR count). The number of hydrogen-bond donors (Lipinski definition) is 2. The lowest BCUT2D eigenvalue weighted by Crippen LogP contribution is -2.40. The second-order valence-corrected chi connectivity index (χ2v) is 7.52. The van der Waals surface area contributed by atoms with Crippen LogP contribution >= 0.6 is 0 Å². The molecule has 1 saturated heterocycles. The molecule has 2 aliphatic rings. The fourth-order valence-electron chi connectivity index (χ4n) is 3.74. The summed E-state index contributed by atoms with van der Waals surface area (Å²) in [4.78, 5) is 23.8. The molecular weight excluding hydrogens is 270 g/mol. The average molecular weight is 297 g/mol. The Morgan fingerprint density at radius 2 is 1.71 bits per heavy atom. The Balaban J connectivity index is 1.91. The Morgan fingerprint density at radius 1 is 1.19 bits per heavy atom. The fraction of sp³-hybridized carbons (Fsp3) is 0.875. The molecule has 1 unspecified atom stereocenters. The van der Waals surface area contributed by atoms with Gasteiger partial charge in [0.25, 0.3) is 0 Å². The third-order valence-electron chi connectivity index (χ3n) is 5.93. The van der Waals surface area contributed by atoms with Crippen LogP contribution in [0.5, 0.6) is 0 Å². The van der Waals surface area contributed by atoms with Crippen LogP contribution in [-0.2, 0) is 14.3 Å². The van der Waals surface area contributed by atoms with E-state index in [2.05, 4.69) is 33.0 Å². The van der Waals surface area contributed by atoms with Crippen LogP contribution in [0.1, 0.15) is 40.5 Å². The first-order valence-electron chi connectivity index (χ1n) is 7.78. The van der Waals surface area contributed by atoms with E-state index in [-0.39, 0.29) is 35.1 Å². The van der Waals surface area contributed by atoms with Gasteiger partial charge in [0.15, 0.2) is 0 Å². The van der Waals surface area contributed by atoms with Gasteiger partial charge in [-0.3, -0.25) is 9.59 Å². The van der Waals surface area contributed by atoms with Crippen LogP contribution in [0.4, 0.5) is 0 Å². The molecule has 0 spiro atoms. The monoisotopic (exact) mass is 297 g/mol. The Morgan fingerprint density at radius 3 is 2.14 bits per heavy atom. The molecule has 1 atom stereocenters. The number of carbonyl (C=O) groups is 2. The van der Waals surface area contributed by atoms with Gasteiger partial charge in [0.05, 0.1) is 5.92 Å². The lowest BCUT2D eigenvalue weighted by Gasteiger charge is -2.27. The molecule has 0 aromatic rings. The van der Waals surface area contributed by atoms with Gasteiger partial charge >= 0.3 is 5.97 Å². The molecule has 2 fully saturated rings. The van der Waals surface area contributed by atoms with Crippen LogP contribution in [0, 0.1) is 28.6 Å². The Bertz CT molecular complexity index is 410. The summed E-state index contributed by atoms with van der Waals surface area (Å²) < 4.78 is 5.28. The van der Waals surface area contributed by atoms with Crippen molar-refractivity contribution in [1.29, 1.82) is 0 Å². The van der Waals surface area contributed by atoms with E-state index in [1.807, 2.05) is 0 Å². The molecular formula is C16H27NO4. The molecule has 120 valence electrons. The van der Waals surface area contributed by atoms with E-state index < -0.39 is 11.9 Å². The maximum atomic E-state index is 12.3. The predicted molar refractivity (Wildman–Crippen MR) is 78.7 cm³/mol. The summed E-state index contributed by atoms with van der Waals surface area (Å²) in [6.07, 6.45) is 1.51. The van der Waals surface area contributed by atoms with Gasteiger partial charge in [0.2, 0.25) is 5.91 Å². The van der Waals surface area contributed by atoms with Gasteiger partial charge in [0, 0.05) is 25.7 Å². The topological polar surface area (TPSA) is 75.6 Å². The molecule has 0 aromatic heterocycles. The maximum absolute atomic E-state index is 12.3. The second-order valence-electron chi connectivity index (χ2n) is 7.52. The highest BCUT2D eigenvalue weighted by molar-refractivity contribution is 5.84. The van der Waals surface area contributed by atoms with Crippen molar-refractivity contribution in [3.8, 4) is 0 Å². The van der Waals surface area contributed by atoms with Crippen molar-refractivity contribution in [3.63, 3.8) is 0 Å². The van der Waals surface area contributed by atoms with Crippen molar-refractivity contribution in [3.05, 3.63) is 0 Å². The van der Waals surface area contributed by atoms with E-state index in [0.717, 1.165) is 12.8 Å². The molecule has 2 N–H and O–H groups in total. The Kier molecular flexibility index (Phi) is 4.34. The molecule has 1 aliphatic heterocycles. The molecule has 5 heteroatoms. The summed E-state index contributed by atoms with van der Waals surface area (Å²) in [6, 6.07) is 0. The first-order valence-corrected chi connectivity index (χ1v) is 7.78. The van der Waals surface area contributed by atoms with Crippen molar-refractivity contribution >= 4 is 11.9 Å². The van der Waals surface area contributed by atoms with Gasteiger partial charge < -0.3 is 15.2 Å². The summed E-state index contributed by atoms with van der Waals surface area (Å²) in [6.45, 7) is 9.81.